The molecular formula is C17H16F2N4O2. The Kier molecular flexibility index (Phi) is 4.51. The summed E-state index contributed by atoms with van der Waals surface area (Å²) >= 11 is 0. The molecule has 1 fully saturated rings. The van der Waals surface area contributed by atoms with Crippen LogP contribution in [0.5, 0.6) is 5.75 Å². The second kappa shape index (κ2) is 6.61. The molecule has 6 nitrogen and oxygen atoms in total. The summed E-state index contributed by atoms with van der Waals surface area (Å²) in [6.45, 7) is -0.983. The molecule has 0 spiro atoms. The van der Waals surface area contributed by atoms with Gasteiger partial charge in [0.1, 0.15) is 24.4 Å². The summed E-state index contributed by atoms with van der Waals surface area (Å²) in [6.07, 6.45) is 0.898. The van der Waals surface area contributed by atoms with Gasteiger partial charge in [0.05, 0.1) is 18.1 Å². The highest BCUT2D eigenvalue weighted by atomic mass is 19.3. The zero-order valence-electron chi connectivity index (χ0n) is 13.2. The van der Waals surface area contributed by atoms with Crippen molar-refractivity contribution < 1.29 is 18.3 Å². The fraction of sp³-hybridized carbons (Fsp3) is 0.353. The number of nitriles is 1. The molecule has 1 unspecified atom stereocenters. The van der Waals surface area contributed by atoms with Gasteiger partial charge in [0, 0.05) is 18.0 Å². The molecule has 1 aromatic heterocycles. The summed E-state index contributed by atoms with van der Waals surface area (Å²) in [5.41, 5.74) is 6.53. The van der Waals surface area contributed by atoms with Gasteiger partial charge in [0.15, 0.2) is 0 Å². The number of carbonyl (C=O) groups is 1. The van der Waals surface area contributed by atoms with Crippen LogP contribution in [-0.2, 0) is 4.79 Å². The predicted octanol–water partition coefficient (Wildman–Crippen LogP) is 1.70. The highest BCUT2D eigenvalue weighted by Gasteiger charge is 2.48. The smallest absolute Gasteiger partial charge is 0.268 e. The van der Waals surface area contributed by atoms with E-state index in [0.717, 1.165) is 15.8 Å². The van der Waals surface area contributed by atoms with Crippen molar-refractivity contribution in [1.82, 2.24) is 9.88 Å². The minimum absolute atomic E-state index is 0.187. The van der Waals surface area contributed by atoms with E-state index in [1.165, 1.54) is 0 Å². The maximum Gasteiger partial charge on any atom is 0.268 e. The quantitative estimate of drug-likeness (QED) is 0.910. The number of ether oxygens (including phenoxy) is 1. The number of alkyl halides is 2. The zero-order chi connectivity index (χ0) is 18.0. The fourth-order valence-corrected chi connectivity index (χ4v) is 2.82. The lowest BCUT2D eigenvalue weighted by Crippen LogP contribution is -2.48. The summed E-state index contributed by atoms with van der Waals surface area (Å²) in [7, 11) is 0. The number of nitrogens with zero attached hydrogens (tertiary/aromatic N) is 3. The third kappa shape index (κ3) is 3.51. The van der Waals surface area contributed by atoms with E-state index >= 15 is 0 Å². The van der Waals surface area contributed by atoms with Crippen molar-refractivity contribution in [3.63, 3.8) is 0 Å². The van der Waals surface area contributed by atoms with Crippen molar-refractivity contribution in [3.05, 3.63) is 36.5 Å². The summed E-state index contributed by atoms with van der Waals surface area (Å²) in [6, 6.07) is 8.35. The van der Waals surface area contributed by atoms with Crippen molar-refractivity contribution >= 4 is 16.8 Å². The van der Waals surface area contributed by atoms with E-state index in [9.17, 15) is 13.6 Å². The van der Waals surface area contributed by atoms with Gasteiger partial charge in [0.25, 0.3) is 5.92 Å². The van der Waals surface area contributed by atoms with Gasteiger partial charge in [-0.3, -0.25) is 9.78 Å². The van der Waals surface area contributed by atoms with Crippen molar-refractivity contribution in [3.8, 4) is 11.8 Å². The second-order valence-electron chi connectivity index (χ2n) is 5.91. The van der Waals surface area contributed by atoms with E-state index in [2.05, 4.69) is 4.98 Å². The Morgan fingerprint density at radius 2 is 2.24 bits per heavy atom. The zero-order valence-corrected chi connectivity index (χ0v) is 13.2. The van der Waals surface area contributed by atoms with Crippen LogP contribution in [0.1, 0.15) is 6.42 Å². The molecule has 130 valence electrons. The minimum Gasteiger partial charge on any atom is -0.491 e. The molecule has 2 aromatic rings. The lowest BCUT2D eigenvalue weighted by Gasteiger charge is -2.23. The third-order valence-electron chi connectivity index (χ3n) is 4.05. The van der Waals surface area contributed by atoms with Gasteiger partial charge < -0.3 is 15.4 Å². The molecule has 2 atom stereocenters. The van der Waals surface area contributed by atoms with Crippen LogP contribution in [-0.4, -0.2) is 46.9 Å². The molecule has 0 bridgehead atoms. The van der Waals surface area contributed by atoms with Crippen LogP contribution in [0.4, 0.5) is 8.78 Å². The maximum atomic E-state index is 13.5. The molecule has 1 aliphatic heterocycles. The number of fused-ring (bicyclic) bond motifs is 1. The van der Waals surface area contributed by atoms with Gasteiger partial charge in [-0.05, 0) is 18.2 Å². The highest BCUT2D eigenvalue weighted by Crippen LogP contribution is 2.32. The molecule has 0 aliphatic carbocycles. The molecular weight excluding hydrogens is 330 g/mol. The molecule has 1 aromatic carbocycles. The van der Waals surface area contributed by atoms with E-state index in [0.29, 0.717) is 5.75 Å². The molecule has 1 amide bonds. The number of rotatable bonds is 4. The first-order valence-electron chi connectivity index (χ1n) is 7.71. The SMILES string of the molecule is N#CC1CC(F)(F)CN1C(=O)[C@@H](N)COc1ccnc2ccccc12. The first-order valence-corrected chi connectivity index (χ1v) is 7.71. The second-order valence-corrected chi connectivity index (χ2v) is 5.91. The van der Waals surface area contributed by atoms with Crippen LogP contribution in [0.3, 0.4) is 0 Å². The first-order chi connectivity index (χ1) is 11.9. The van der Waals surface area contributed by atoms with Gasteiger partial charge in [-0.2, -0.15) is 5.26 Å². The molecule has 2 heterocycles. The fourth-order valence-electron chi connectivity index (χ4n) is 2.82. The lowest BCUT2D eigenvalue weighted by molar-refractivity contribution is -0.134. The van der Waals surface area contributed by atoms with Crippen LogP contribution in [0.25, 0.3) is 10.9 Å². The topological polar surface area (TPSA) is 92.2 Å². The number of para-hydroxylation sites is 1. The standard InChI is InChI=1S/C17H16F2N4O2/c18-17(19)7-11(8-20)23(10-17)16(24)13(21)9-25-15-5-6-22-14-4-2-1-3-12(14)15/h1-6,11,13H,7,9-10,21H2/t11?,13-/m0/s1. The van der Waals surface area contributed by atoms with Crippen LogP contribution < -0.4 is 10.5 Å². The average Bonchev–Trinajstić information content (AvgIpc) is 2.93. The Bertz CT molecular complexity index is 832. The monoisotopic (exact) mass is 346 g/mol. The number of hydrogen-bond donors (Lipinski definition) is 1. The van der Waals surface area contributed by atoms with Crippen LogP contribution in [0.15, 0.2) is 36.5 Å². The average molecular weight is 346 g/mol. The summed E-state index contributed by atoms with van der Waals surface area (Å²) < 4.78 is 32.5. The van der Waals surface area contributed by atoms with Gasteiger partial charge in [0.2, 0.25) is 5.91 Å². The summed E-state index contributed by atoms with van der Waals surface area (Å²) in [4.78, 5) is 17.3. The highest BCUT2D eigenvalue weighted by molar-refractivity contribution is 5.85. The summed E-state index contributed by atoms with van der Waals surface area (Å²) in [5, 5.41) is 9.73. The number of nitrogens with two attached hydrogens (primary N) is 1. The van der Waals surface area contributed by atoms with Gasteiger partial charge in [-0.15, -0.1) is 0 Å². The third-order valence-corrected chi connectivity index (χ3v) is 4.05. The van der Waals surface area contributed by atoms with Crippen molar-refractivity contribution in [2.24, 2.45) is 5.73 Å². The number of halogens is 2. The molecule has 8 heteroatoms. The number of pyridine rings is 1. The van der Waals surface area contributed by atoms with Crippen LogP contribution >= 0.6 is 0 Å². The molecule has 0 saturated carbocycles. The van der Waals surface area contributed by atoms with Crippen molar-refractivity contribution in [2.75, 3.05) is 13.2 Å². The van der Waals surface area contributed by atoms with Gasteiger partial charge in [-0.1, -0.05) is 12.1 Å². The van der Waals surface area contributed by atoms with E-state index in [-0.39, 0.29) is 6.61 Å². The van der Waals surface area contributed by atoms with Crippen LogP contribution in [0, 0.1) is 11.3 Å². The van der Waals surface area contributed by atoms with Crippen molar-refractivity contribution in [1.29, 1.82) is 5.26 Å². The largest absolute Gasteiger partial charge is 0.491 e. The maximum absolute atomic E-state index is 13.5. The molecule has 25 heavy (non-hydrogen) atoms. The van der Waals surface area contributed by atoms with E-state index in [4.69, 9.17) is 15.7 Å². The van der Waals surface area contributed by atoms with Crippen molar-refractivity contribution in [2.45, 2.75) is 24.4 Å². The molecule has 2 N–H and O–H groups in total. The molecule has 3 rings (SSSR count). The normalized spacial score (nSPS) is 20.2. The van der Waals surface area contributed by atoms with Gasteiger partial charge in [-0.25, -0.2) is 8.78 Å². The van der Waals surface area contributed by atoms with Gasteiger partial charge >= 0.3 is 0 Å². The van der Waals surface area contributed by atoms with E-state index in [1.807, 2.05) is 24.3 Å². The number of carbonyl (C=O) groups excluding carboxylic acids is 1. The van der Waals surface area contributed by atoms with Crippen LogP contribution in [0.2, 0.25) is 0 Å². The Balaban J connectivity index is 1.69. The number of likely N-dealkylation sites (tertiary alicyclic amines) is 1. The first kappa shape index (κ1) is 17.0. The number of hydrogen-bond acceptors (Lipinski definition) is 5. The number of benzene rings is 1. The number of aromatic nitrogens is 1. The Hall–Kier alpha value is -2.79. The Labute approximate surface area is 142 Å². The number of amides is 1. The minimum atomic E-state index is -3.07. The predicted molar refractivity (Wildman–Crippen MR) is 85.9 cm³/mol. The Morgan fingerprint density at radius 3 is 3.00 bits per heavy atom. The van der Waals surface area contributed by atoms with E-state index in [1.54, 1.807) is 18.3 Å². The molecule has 1 aliphatic rings. The summed E-state index contributed by atoms with van der Waals surface area (Å²) in [5.74, 6) is -3.29. The molecule has 0 radical (unpaired) electrons. The Morgan fingerprint density at radius 1 is 1.48 bits per heavy atom. The molecule has 1 saturated heterocycles. The van der Waals surface area contributed by atoms with E-state index < -0.39 is 36.9 Å². The lowest BCUT2D eigenvalue weighted by atomic mass is 10.2.